The maximum absolute atomic E-state index is 11.8. The van der Waals surface area contributed by atoms with Gasteiger partial charge in [0.05, 0.1) is 7.11 Å². The molecule has 0 saturated heterocycles. The SMILES string of the molecule is [2H]C(=O)CO[C@H]([C@H](OCC([2H])=O)[C@@H](OCC([2H])=O)C(=O)Br)[C@H](O)C(=O)OC. The standard InChI is InChI=1S/C13H17BrO10/c1-21-13(20)8(18)9(22-5-2-15)10(23-6-3-16)11(12(14)19)24-7-4-17/h2-4,8-11,18H,5-7H2,1H3/t8-,9-,10-,11+/m0/s1/i2D,3D,4D. The minimum absolute atomic E-state index is 0.894. The minimum Gasteiger partial charge on any atom is -0.467 e. The Hall–Kier alpha value is -1.53. The van der Waals surface area contributed by atoms with E-state index in [-0.39, 0.29) is 0 Å². The average molecular weight is 416 g/mol. The van der Waals surface area contributed by atoms with Crippen LogP contribution < -0.4 is 0 Å². The molecule has 10 nitrogen and oxygen atoms in total. The number of ether oxygens (including phenoxy) is 4. The number of carbonyl (C=O) groups is 5. The summed E-state index contributed by atoms with van der Waals surface area (Å²) >= 11 is 2.54. The van der Waals surface area contributed by atoms with Crippen LogP contribution in [0.2, 0.25) is 0 Å². The zero-order valence-corrected chi connectivity index (χ0v) is 14.0. The number of aldehydes is 3. The third-order valence-corrected chi connectivity index (χ3v) is 3.04. The molecule has 0 rings (SSSR count). The van der Waals surface area contributed by atoms with Crippen LogP contribution >= 0.6 is 15.9 Å². The molecule has 0 aromatic carbocycles. The van der Waals surface area contributed by atoms with E-state index in [1.165, 1.54) is 0 Å². The van der Waals surface area contributed by atoms with Crippen LogP contribution in [-0.4, -0.2) is 85.9 Å². The average Bonchev–Trinajstić information content (AvgIpc) is 2.56. The first kappa shape index (κ1) is 17.3. The van der Waals surface area contributed by atoms with Gasteiger partial charge in [-0.25, -0.2) is 4.79 Å². The van der Waals surface area contributed by atoms with Gasteiger partial charge in [0.25, 0.3) is 0 Å². The summed E-state index contributed by atoms with van der Waals surface area (Å²) in [6.07, 6.45) is -11.3. The summed E-state index contributed by atoms with van der Waals surface area (Å²) in [6.45, 7) is -2.76. The minimum atomic E-state index is -2.15. The number of rotatable bonds is 14. The molecule has 136 valence electrons. The Balaban J connectivity index is 5.85. The van der Waals surface area contributed by atoms with Crippen molar-refractivity contribution >= 4 is 45.4 Å². The summed E-state index contributed by atoms with van der Waals surface area (Å²) in [5.41, 5.74) is 0. The van der Waals surface area contributed by atoms with Gasteiger partial charge in [0.1, 0.15) is 54.9 Å². The number of halogens is 1. The van der Waals surface area contributed by atoms with Crippen LogP contribution in [0.4, 0.5) is 0 Å². The lowest BCUT2D eigenvalue weighted by Crippen LogP contribution is -2.53. The van der Waals surface area contributed by atoms with Crippen LogP contribution in [0, 0.1) is 0 Å². The first-order valence-corrected chi connectivity index (χ1v) is 7.08. The molecule has 0 amide bonds. The summed E-state index contributed by atoms with van der Waals surface area (Å²) in [7, 11) is 0.920. The summed E-state index contributed by atoms with van der Waals surface area (Å²) < 4.78 is 38.7. The smallest absolute Gasteiger partial charge is 0.337 e. The Morgan fingerprint density at radius 2 is 1.50 bits per heavy atom. The molecule has 4 atom stereocenters. The second kappa shape index (κ2) is 12.8. The van der Waals surface area contributed by atoms with Crippen LogP contribution in [0.15, 0.2) is 0 Å². The number of aliphatic hydroxyl groups is 1. The Morgan fingerprint density at radius 1 is 1.04 bits per heavy atom. The fourth-order valence-corrected chi connectivity index (χ4v) is 2.04. The highest BCUT2D eigenvalue weighted by molar-refractivity contribution is 9.18. The first-order valence-electron chi connectivity index (χ1n) is 7.79. The Labute approximate surface area is 149 Å². The van der Waals surface area contributed by atoms with Gasteiger partial charge >= 0.3 is 5.97 Å². The molecule has 0 bridgehead atoms. The second-order valence-corrected chi connectivity index (χ2v) is 4.77. The number of carbonyl (C=O) groups excluding carboxylic acids is 5. The van der Waals surface area contributed by atoms with Crippen molar-refractivity contribution in [2.45, 2.75) is 24.4 Å². The van der Waals surface area contributed by atoms with Crippen molar-refractivity contribution in [2.75, 3.05) is 26.9 Å². The number of esters is 1. The molecule has 0 aromatic heterocycles. The van der Waals surface area contributed by atoms with Crippen molar-refractivity contribution in [1.29, 1.82) is 0 Å². The van der Waals surface area contributed by atoms with Crippen LogP contribution in [0.3, 0.4) is 0 Å². The second-order valence-electron chi connectivity index (χ2n) is 3.99. The lowest BCUT2D eigenvalue weighted by atomic mass is 10.0. The normalized spacial score (nSPS) is 17.4. The molecule has 0 saturated carbocycles. The fourth-order valence-electron chi connectivity index (χ4n) is 1.65. The molecular formula is C13H17BrO10. The third kappa shape index (κ3) is 7.36. The highest BCUT2D eigenvalue weighted by atomic mass is 79.9. The Bertz CT molecular complexity index is 573. The van der Waals surface area contributed by atoms with Gasteiger partial charge in [0.2, 0.25) is 4.69 Å². The highest BCUT2D eigenvalue weighted by Gasteiger charge is 2.42. The summed E-state index contributed by atoms with van der Waals surface area (Å²) in [4.78, 5) is 56.0. The first-order chi connectivity index (χ1) is 12.5. The monoisotopic (exact) mass is 415 g/mol. The van der Waals surface area contributed by atoms with Gasteiger partial charge in [-0.1, -0.05) is 0 Å². The number of hydrogen-bond donors (Lipinski definition) is 1. The van der Waals surface area contributed by atoms with Crippen LogP contribution in [0.5, 0.6) is 0 Å². The lowest BCUT2D eigenvalue weighted by molar-refractivity contribution is -0.185. The molecule has 0 aliphatic carbocycles. The van der Waals surface area contributed by atoms with Crippen molar-refractivity contribution in [1.82, 2.24) is 0 Å². The van der Waals surface area contributed by atoms with Gasteiger partial charge in [-0.2, -0.15) is 0 Å². The van der Waals surface area contributed by atoms with Crippen LogP contribution in [0.1, 0.15) is 4.11 Å². The van der Waals surface area contributed by atoms with Crippen LogP contribution in [0.25, 0.3) is 0 Å². The van der Waals surface area contributed by atoms with Gasteiger partial charge in [-0.15, -0.1) is 0 Å². The zero-order chi connectivity index (χ0) is 21.1. The summed E-state index contributed by atoms with van der Waals surface area (Å²) in [5.74, 6) is -1.26. The van der Waals surface area contributed by atoms with E-state index in [1.807, 2.05) is 0 Å². The predicted octanol–water partition coefficient (Wildman–Crippen LogP) is -1.81. The quantitative estimate of drug-likeness (QED) is 0.196. The van der Waals surface area contributed by atoms with Gasteiger partial charge in [0.15, 0.2) is 12.2 Å². The van der Waals surface area contributed by atoms with Gasteiger partial charge < -0.3 is 38.4 Å². The molecule has 0 aliphatic rings. The van der Waals surface area contributed by atoms with E-state index in [9.17, 15) is 29.1 Å². The topological polar surface area (TPSA) is 142 Å². The summed E-state index contributed by atoms with van der Waals surface area (Å²) in [6, 6.07) is 0. The summed E-state index contributed by atoms with van der Waals surface area (Å²) in [5, 5.41) is 10.1. The predicted molar refractivity (Wildman–Crippen MR) is 79.4 cm³/mol. The van der Waals surface area contributed by atoms with Gasteiger partial charge in [-0.3, -0.25) is 4.79 Å². The highest BCUT2D eigenvalue weighted by Crippen LogP contribution is 2.19. The maximum Gasteiger partial charge on any atom is 0.337 e. The molecule has 11 heteroatoms. The Morgan fingerprint density at radius 3 is 1.92 bits per heavy atom. The van der Waals surface area contributed by atoms with Crippen molar-refractivity contribution < 1.29 is 52.1 Å². The van der Waals surface area contributed by atoms with Crippen LogP contribution in [-0.2, 0) is 42.9 Å². The van der Waals surface area contributed by atoms with Crippen molar-refractivity contribution in [3.8, 4) is 0 Å². The molecule has 0 radical (unpaired) electrons. The maximum atomic E-state index is 11.8. The van der Waals surface area contributed by atoms with E-state index >= 15 is 0 Å². The van der Waals surface area contributed by atoms with Crippen molar-refractivity contribution in [2.24, 2.45) is 0 Å². The van der Waals surface area contributed by atoms with E-state index in [0.29, 0.717) is 0 Å². The number of hydrogen-bond acceptors (Lipinski definition) is 10. The molecule has 0 aromatic rings. The fraction of sp³-hybridized carbons (Fsp3) is 0.615. The lowest BCUT2D eigenvalue weighted by Gasteiger charge is -2.32. The molecule has 0 unspecified atom stereocenters. The zero-order valence-electron chi connectivity index (χ0n) is 15.4. The van der Waals surface area contributed by atoms with E-state index < -0.39 is 73.7 Å². The largest absolute Gasteiger partial charge is 0.467 e. The van der Waals surface area contributed by atoms with Gasteiger partial charge in [0, 0.05) is 0 Å². The number of aliphatic hydroxyl groups excluding tert-OH is 1. The molecule has 0 aliphatic heterocycles. The van der Waals surface area contributed by atoms with E-state index in [0.717, 1.165) is 7.11 Å². The Kier molecular flexibility index (Phi) is 9.25. The van der Waals surface area contributed by atoms with Gasteiger partial charge in [-0.05, 0) is 15.9 Å². The van der Waals surface area contributed by atoms with Crippen molar-refractivity contribution in [3.63, 3.8) is 0 Å². The van der Waals surface area contributed by atoms with E-state index in [1.54, 1.807) is 0 Å². The molecule has 0 spiro atoms. The van der Waals surface area contributed by atoms with E-state index in [4.69, 9.17) is 18.3 Å². The molecular weight excluding hydrogens is 396 g/mol. The third-order valence-electron chi connectivity index (χ3n) is 2.59. The van der Waals surface area contributed by atoms with E-state index in [2.05, 4.69) is 20.7 Å². The van der Waals surface area contributed by atoms with Crippen molar-refractivity contribution in [3.05, 3.63) is 0 Å². The molecule has 24 heavy (non-hydrogen) atoms. The molecule has 1 N–H and O–H groups in total. The molecule has 0 fully saturated rings. The molecule has 0 heterocycles. The number of methoxy groups -OCH3 is 1.